The van der Waals surface area contributed by atoms with Crippen LogP contribution in [0.1, 0.15) is 50.5 Å². The first-order valence-corrected chi connectivity index (χ1v) is 11.9. The number of carbonyl (C=O) groups is 1. The van der Waals surface area contributed by atoms with Crippen LogP contribution in [-0.4, -0.2) is 59.8 Å². The van der Waals surface area contributed by atoms with Gasteiger partial charge in [0.2, 0.25) is 6.79 Å². The van der Waals surface area contributed by atoms with Crippen molar-refractivity contribution in [1.82, 2.24) is 20.1 Å². The number of hydrogen-bond donors (Lipinski definition) is 2. The van der Waals surface area contributed by atoms with Gasteiger partial charge in [-0.25, -0.2) is 4.79 Å². The molecule has 0 atom stereocenters. The molecule has 1 aromatic heterocycles. The Bertz CT molecular complexity index is 1020. The summed E-state index contributed by atoms with van der Waals surface area (Å²) in [5.41, 5.74) is 1.11. The largest absolute Gasteiger partial charge is 0.454 e. The van der Waals surface area contributed by atoms with Crippen LogP contribution in [0.5, 0.6) is 11.5 Å². The Labute approximate surface area is 187 Å². The molecule has 1 saturated heterocycles. The number of rotatable bonds is 6. The second kappa shape index (κ2) is 9.40. The average molecular weight is 441 g/mol. The van der Waals surface area contributed by atoms with Gasteiger partial charge in [-0.2, -0.15) is 0 Å². The minimum atomic E-state index is -0.173. The Kier molecular flexibility index (Phi) is 6.21. The highest BCUT2D eigenvalue weighted by Gasteiger charge is 2.23. The van der Waals surface area contributed by atoms with E-state index < -0.39 is 0 Å². The fourth-order valence-corrected chi connectivity index (χ4v) is 5.00. The van der Waals surface area contributed by atoms with E-state index in [0.29, 0.717) is 29.1 Å². The number of nitrogens with zero attached hydrogens (tertiary/aromatic N) is 2. The predicted octanol–water partition coefficient (Wildman–Crippen LogP) is 3.20. The van der Waals surface area contributed by atoms with E-state index in [2.05, 4.69) is 15.2 Å². The van der Waals surface area contributed by atoms with Gasteiger partial charge in [0.1, 0.15) is 0 Å². The number of likely N-dealkylation sites (tertiary alicyclic amines) is 1. The monoisotopic (exact) mass is 440 g/mol. The van der Waals surface area contributed by atoms with Crippen molar-refractivity contribution in [3.63, 3.8) is 0 Å². The SMILES string of the molecule is O=C(NC1CCCCC1)N(CCN1CCCC1)Cc1cc2cc3c(cc2[nH]c1=O)OCO3. The third kappa shape index (κ3) is 4.70. The standard InChI is InChI=1S/C24H32N4O4/c29-23-18(12-17-13-21-22(32-16-31-21)14-20(17)26-23)15-28(11-10-27-8-4-5-9-27)24(30)25-19-6-2-1-3-7-19/h12-14,19H,1-11,15-16H2,(H,25,30)(H,26,29). The highest BCUT2D eigenvalue weighted by atomic mass is 16.7. The second-order valence-electron chi connectivity index (χ2n) is 9.17. The summed E-state index contributed by atoms with van der Waals surface area (Å²) in [6.07, 6.45) is 8.09. The molecule has 0 unspecified atom stereocenters. The number of H-pyrrole nitrogens is 1. The molecule has 1 saturated carbocycles. The van der Waals surface area contributed by atoms with Gasteiger partial charge in [-0.3, -0.25) is 4.79 Å². The first kappa shape index (κ1) is 21.1. The molecule has 2 aromatic rings. The number of carbonyl (C=O) groups excluding carboxylic acids is 1. The quantitative estimate of drug-likeness (QED) is 0.720. The van der Waals surface area contributed by atoms with Crippen LogP contribution < -0.4 is 20.3 Å². The summed E-state index contributed by atoms with van der Waals surface area (Å²) in [6.45, 7) is 4.09. The maximum Gasteiger partial charge on any atom is 0.317 e. The third-order valence-electron chi connectivity index (χ3n) is 6.88. The molecule has 0 bridgehead atoms. The van der Waals surface area contributed by atoms with E-state index in [1.807, 2.05) is 12.1 Å². The average Bonchev–Trinajstić information content (AvgIpc) is 3.47. The Morgan fingerprint density at radius 3 is 2.59 bits per heavy atom. The van der Waals surface area contributed by atoms with Crippen LogP contribution in [0.2, 0.25) is 0 Å². The van der Waals surface area contributed by atoms with E-state index in [1.165, 1.54) is 32.1 Å². The number of hydrogen-bond acceptors (Lipinski definition) is 5. The summed E-state index contributed by atoms with van der Waals surface area (Å²) in [7, 11) is 0. The van der Waals surface area contributed by atoms with Crippen LogP contribution in [0.15, 0.2) is 23.0 Å². The molecule has 2 N–H and O–H groups in total. The van der Waals surface area contributed by atoms with Crippen LogP contribution in [0, 0.1) is 0 Å². The zero-order valence-electron chi connectivity index (χ0n) is 18.5. The fraction of sp³-hybridized carbons (Fsp3) is 0.583. The number of fused-ring (bicyclic) bond motifs is 2. The summed E-state index contributed by atoms with van der Waals surface area (Å²) in [5, 5.41) is 4.10. The molecule has 3 heterocycles. The van der Waals surface area contributed by atoms with Gasteiger partial charge in [0.05, 0.1) is 12.1 Å². The lowest BCUT2D eigenvalue weighted by molar-refractivity contribution is 0.174. The Hall–Kier alpha value is -2.74. The van der Waals surface area contributed by atoms with E-state index >= 15 is 0 Å². The normalized spacial score (nSPS) is 18.9. The number of urea groups is 1. The topological polar surface area (TPSA) is 86.9 Å². The van der Waals surface area contributed by atoms with Crippen molar-refractivity contribution >= 4 is 16.9 Å². The van der Waals surface area contributed by atoms with E-state index in [9.17, 15) is 9.59 Å². The van der Waals surface area contributed by atoms with E-state index in [1.54, 1.807) is 11.0 Å². The van der Waals surface area contributed by atoms with Crippen molar-refractivity contribution < 1.29 is 14.3 Å². The molecular formula is C24H32N4O4. The summed E-state index contributed by atoms with van der Waals surface area (Å²) in [4.78, 5) is 33.2. The maximum atomic E-state index is 13.2. The zero-order chi connectivity index (χ0) is 21.9. The van der Waals surface area contributed by atoms with Gasteiger partial charge in [-0.1, -0.05) is 19.3 Å². The van der Waals surface area contributed by atoms with Gasteiger partial charge >= 0.3 is 6.03 Å². The number of pyridine rings is 1. The lowest BCUT2D eigenvalue weighted by Crippen LogP contribution is -2.47. The molecule has 8 nitrogen and oxygen atoms in total. The van der Waals surface area contributed by atoms with Gasteiger partial charge in [0.25, 0.3) is 5.56 Å². The molecule has 2 aliphatic heterocycles. The zero-order valence-corrected chi connectivity index (χ0v) is 18.5. The van der Waals surface area contributed by atoms with Crippen LogP contribution >= 0.6 is 0 Å². The van der Waals surface area contributed by atoms with Crippen LogP contribution in [-0.2, 0) is 6.54 Å². The highest BCUT2D eigenvalue weighted by molar-refractivity contribution is 5.83. The van der Waals surface area contributed by atoms with E-state index in [-0.39, 0.29) is 31.0 Å². The van der Waals surface area contributed by atoms with Gasteiger partial charge in [-0.05, 0) is 50.9 Å². The lowest BCUT2D eigenvalue weighted by atomic mass is 9.96. The molecule has 32 heavy (non-hydrogen) atoms. The minimum absolute atomic E-state index is 0.0683. The molecule has 8 heteroatoms. The first-order valence-electron chi connectivity index (χ1n) is 11.9. The van der Waals surface area contributed by atoms with Crippen molar-refractivity contribution in [3.8, 4) is 11.5 Å². The van der Waals surface area contributed by atoms with Gasteiger partial charge in [0.15, 0.2) is 11.5 Å². The predicted molar refractivity (Wildman–Crippen MR) is 122 cm³/mol. The van der Waals surface area contributed by atoms with Crippen LogP contribution in [0.3, 0.4) is 0 Å². The van der Waals surface area contributed by atoms with E-state index in [4.69, 9.17) is 9.47 Å². The number of ether oxygens (including phenoxy) is 2. The number of nitrogens with one attached hydrogen (secondary N) is 2. The van der Waals surface area contributed by atoms with Gasteiger partial charge < -0.3 is 29.6 Å². The van der Waals surface area contributed by atoms with E-state index in [0.717, 1.165) is 37.9 Å². The summed E-state index contributed by atoms with van der Waals surface area (Å²) < 4.78 is 10.9. The van der Waals surface area contributed by atoms with Crippen molar-refractivity contribution in [2.45, 2.75) is 57.5 Å². The number of benzene rings is 1. The first-order chi connectivity index (χ1) is 15.7. The number of aromatic nitrogens is 1. The smallest absolute Gasteiger partial charge is 0.317 e. The molecule has 1 aliphatic carbocycles. The maximum absolute atomic E-state index is 13.2. The summed E-state index contributed by atoms with van der Waals surface area (Å²) in [5.74, 6) is 1.32. The molecule has 0 radical (unpaired) electrons. The van der Waals surface area contributed by atoms with Crippen LogP contribution in [0.4, 0.5) is 4.79 Å². The number of amides is 2. The molecule has 172 valence electrons. The minimum Gasteiger partial charge on any atom is -0.454 e. The Balaban J connectivity index is 1.35. The molecule has 2 amide bonds. The molecule has 3 aliphatic rings. The summed E-state index contributed by atoms with van der Waals surface area (Å²) in [6, 6.07) is 5.71. The van der Waals surface area contributed by atoms with Crippen molar-refractivity contribution in [1.29, 1.82) is 0 Å². The number of aromatic amines is 1. The molecule has 5 rings (SSSR count). The van der Waals surface area contributed by atoms with Crippen LogP contribution in [0.25, 0.3) is 10.9 Å². The van der Waals surface area contributed by atoms with Gasteiger partial charge in [-0.15, -0.1) is 0 Å². The Morgan fingerprint density at radius 2 is 1.81 bits per heavy atom. The second-order valence-corrected chi connectivity index (χ2v) is 9.17. The van der Waals surface area contributed by atoms with Crippen molar-refractivity contribution in [2.24, 2.45) is 0 Å². The van der Waals surface area contributed by atoms with Crippen molar-refractivity contribution in [2.75, 3.05) is 33.0 Å². The third-order valence-corrected chi connectivity index (χ3v) is 6.88. The molecular weight excluding hydrogens is 408 g/mol. The molecule has 1 aromatic carbocycles. The fourth-order valence-electron chi connectivity index (χ4n) is 5.00. The highest BCUT2D eigenvalue weighted by Crippen LogP contribution is 2.35. The molecule has 2 fully saturated rings. The molecule has 0 spiro atoms. The van der Waals surface area contributed by atoms with Gasteiger partial charge in [0, 0.05) is 36.1 Å². The summed E-state index contributed by atoms with van der Waals surface area (Å²) >= 11 is 0. The lowest BCUT2D eigenvalue weighted by Gasteiger charge is -2.29. The Morgan fingerprint density at radius 1 is 1.06 bits per heavy atom. The van der Waals surface area contributed by atoms with Crippen molar-refractivity contribution in [3.05, 3.63) is 34.1 Å².